The Balaban J connectivity index is 1.75. The minimum absolute atomic E-state index is 0.0674. The van der Waals surface area contributed by atoms with Gasteiger partial charge in [0, 0.05) is 32.0 Å². The number of aromatic nitrogens is 2. The van der Waals surface area contributed by atoms with Crippen molar-refractivity contribution >= 4 is 26.8 Å². The van der Waals surface area contributed by atoms with E-state index >= 15 is 0 Å². The van der Waals surface area contributed by atoms with Crippen LogP contribution in [0.2, 0.25) is 0 Å². The van der Waals surface area contributed by atoms with Gasteiger partial charge >= 0.3 is 6.18 Å². The summed E-state index contributed by atoms with van der Waals surface area (Å²) in [5.41, 5.74) is -0.382. The molecular weight excluding hydrogens is 491 g/mol. The third-order valence-corrected chi connectivity index (χ3v) is 8.49. The minimum atomic E-state index is -4.80. The number of halogens is 3. The van der Waals surface area contributed by atoms with Crippen LogP contribution in [0.1, 0.15) is 51.9 Å². The zero-order valence-electron chi connectivity index (χ0n) is 20.8. The molecule has 6 nitrogen and oxygen atoms in total. The number of hydrogen-bond donors (Lipinski definition) is 0. The minimum Gasteiger partial charge on any atom is -0.343 e. The lowest BCUT2D eigenvalue weighted by Crippen LogP contribution is -2.38. The number of carbonyl (C=O) groups is 1. The molecule has 1 aromatic heterocycles. The Morgan fingerprint density at radius 3 is 2.28 bits per heavy atom. The van der Waals surface area contributed by atoms with Crippen LogP contribution in [-0.2, 0) is 32.8 Å². The number of carbonyl (C=O) groups excluding carboxylic acids is 1. The number of likely N-dealkylation sites (tertiary alicyclic amines) is 1. The number of amides is 1. The first-order valence-corrected chi connectivity index (χ1v) is 13.4. The van der Waals surface area contributed by atoms with Crippen LogP contribution in [0.3, 0.4) is 0 Å². The smallest absolute Gasteiger partial charge is 0.343 e. The van der Waals surface area contributed by atoms with Gasteiger partial charge in [0.15, 0.2) is 0 Å². The summed E-state index contributed by atoms with van der Waals surface area (Å²) in [4.78, 5) is 17.2. The third-order valence-electron chi connectivity index (χ3n) is 6.68. The number of sulfone groups is 1. The topological polar surface area (TPSA) is 72.3 Å². The van der Waals surface area contributed by atoms with E-state index in [0.29, 0.717) is 31.1 Å². The fourth-order valence-corrected chi connectivity index (χ4v) is 6.28. The van der Waals surface area contributed by atoms with Crippen molar-refractivity contribution in [1.82, 2.24) is 14.5 Å². The Bertz CT molecular complexity index is 1400. The van der Waals surface area contributed by atoms with E-state index in [9.17, 15) is 26.4 Å². The highest BCUT2D eigenvalue weighted by atomic mass is 32.2. The normalized spacial score (nSPS) is 16.0. The Hall–Kier alpha value is -2.88. The Labute approximate surface area is 209 Å². The number of imidazole rings is 1. The maximum atomic E-state index is 13.5. The summed E-state index contributed by atoms with van der Waals surface area (Å²) in [5, 5.41) is 0. The molecule has 0 spiro atoms. The zero-order chi connectivity index (χ0) is 26.5. The van der Waals surface area contributed by atoms with Gasteiger partial charge in [-0.05, 0) is 49.1 Å². The molecule has 1 aliphatic heterocycles. The van der Waals surface area contributed by atoms with E-state index in [1.54, 1.807) is 13.0 Å². The van der Waals surface area contributed by atoms with Gasteiger partial charge in [-0.15, -0.1) is 0 Å². The summed E-state index contributed by atoms with van der Waals surface area (Å²) in [6, 6.07) is 8.55. The van der Waals surface area contributed by atoms with Crippen molar-refractivity contribution in [2.45, 2.75) is 68.5 Å². The average Bonchev–Trinajstić information content (AvgIpc) is 3.17. The van der Waals surface area contributed by atoms with Gasteiger partial charge in [0.25, 0.3) is 0 Å². The monoisotopic (exact) mass is 521 g/mol. The molecule has 2 heterocycles. The van der Waals surface area contributed by atoms with Crippen molar-refractivity contribution in [1.29, 1.82) is 0 Å². The standard InChI is InChI=1S/C26H30F3N3O3S/c1-17(33)31-13-11-18(12-14-31)16-32-22-10-9-19(15-21(22)30-24(32)25(2,3)4)36(34,35)23-8-6-5-7-20(23)26(27,28)29/h5-10,15,18H,11-14,16H2,1-4H3. The molecule has 0 bridgehead atoms. The van der Waals surface area contributed by atoms with Crippen LogP contribution in [-0.4, -0.2) is 41.9 Å². The number of alkyl halides is 3. The van der Waals surface area contributed by atoms with E-state index in [0.717, 1.165) is 36.3 Å². The summed E-state index contributed by atoms with van der Waals surface area (Å²) in [6.45, 7) is 9.66. The molecule has 0 unspecified atom stereocenters. The number of rotatable bonds is 4. The van der Waals surface area contributed by atoms with Gasteiger partial charge in [-0.1, -0.05) is 32.9 Å². The van der Waals surface area contributed by atoms with Crippen molar-refractivity contribution in [2.75, 3.05) is 13.1 Å². The van der Waals surface area contributed by atoms with Crippen LogP contribution < -0.4 is 0 Å². The maximum Gasteiger partial charge on any atom is 0.417 e. The lowest BCUT2D eigenvalue weighted by atomic mass is 9.93. The lowest BCUT2D eigenvalue weighted by Gasteiger charge is -2.32. The highest BCUT2D eigenvalue weighted by molar-refractivity contribution is 7.91. The first-order chi connectivity index (χ1) is 16.7. The van der Waals surface area contributed by atoms with E-state index in [1.807, 2.05) is 25.7 Å². The summed E-state index contributed by atoms with van der Waals surface area (Å²) in [6.07, 6.45) is -3.10. The molecular formula is C26H30F3N3O3S. The van der Waals surface area contributed by atoms with Gasteiger partial charge in [0.2, 0.25) is 15.7 Å². The quantitative estimate of drug-likeness (QED) is 0.458. The highest BCUT2D eigenvalue weighted by Gasteiger charge is 2.37. The number of piperidine rings is 1. The van der Waals surface area contributed by atoms with Gasteiger partial charge < -0.3 is 9.47 Å². The first-order valence-electron chi connectivity index (χ1n) is 11.9. The molecule has 36 heavy (non-hydrogen) atoms. The van der Waals surface area contributed by atoms with Crippen LogP contribution in [0, 0.1) is 5.92 Å². The van der Waals surface area contributed by atoms with Crippen molar-refractivity contribution in [2.24, 2.45) is 5.92 Å². The molecule has 4 rings (SSSR count). The van der Waals surface area contributed by atoms with Crippen LogP contribution in [0.15, 0.2) is 52.3 Å². The van der Waals surface area contributed by atoms with Crippen LogP contribution in [0.5, 0.6) is 0 Å². The number of benzene rings is 2. The molecule has 194 valence electrons. The second-order valence-electron chi connectivity index (χ2n) is 10.4. The maximum absolute atomic E-state index is 13.5. The molecule has 0 radical (unpaired) electrons. The van der Waals surface area contributed by atoms with Crippen molar-refractivity contribution in [3.8, 4) is 0 Å². The molecule has 0 aliphatic carbocycles. The Morgan fingerprint density at radius 2 is 1.69 bits per heavy atom. The van der Waals surface area contributed by atoms with Crippen LogP contribution >= 0.6 is 0 Å². The number of hydrogen-bond acceptors (Lipinski definition) is 4. The van der Waals surface area contributed by atoms with Gasteiger partial charge in [-0.3, -0.25) is 4.79 Å². The van der Waals surface area contributed by atoms with E-state index < -0.39 is 26.5 Å². The fraction of sp³-hybridized carbons (Fsp3) is 0.462. The molecule has 2 aromatic carbocycles. The van der Waals surface area contributed by atoms with E-state index in [4.69, 9.17) is 4.98 Å². The molecule has 0 saturated carbocycles. The van der Waals surface area contributed by atoms with Crippen LogP contribution in [0.25, 0.3) is 11.0 Å². The van der Waals surface area contributed by atoms with Gasteiger partial charge in [0.05, 0.1) is 26.4 Å². The van der Waals surface area contributed by atoms with E-state index in [2.05, 4.69) is 4.57 Å². The van der Waals surface area contributed by atoms with Crippen molar-refractivity contribution in [3.05, 3.63) is 53.9 Å². The summed E-state index contributed by atoms with van der Waals surface area (Å²) >= 11 is 0. The number of nitrogens with zero attached hydrogens (tertiary/aromatic N) is 3. The van der Waals surface area contributed by atoms with Crippen molar-refractivity contribution < 1.29 is 26.4 Å². The van der Waals surface area contributed by atoms with Crippen molar-refractivity contribution in [3.63, 3.8) is 0 Å². The molecule has 10 heteroatoms. The molecule has 1 saturated heterocycles. The first kappa shape index (κ1) is 26.2. The summed E-state index contributed by atoms with van der Waals surface area (Å²) < 4.78 is 69.2. The zero-order valence-corrected chi connectivity index (χ0v) is 21.6. The molecule has 3 aromatic rings. The molecule has 0 atom stereocenters. The van der Waals surface area contributed by atoms with Gasteiger partial charge in [0.1, 0.15) is 5.82 Å². The Kier molecular flexibility index (Phi) is 6.70. The summed E-state index contributed by atoms with van der Waals surface area (Å²) in [5.74, 6) is 1.16. The second-order valence-corrected chi connectivity index (χ2v) is 12.3. The fourth-order valence-electron chi connectivity index (χ4n) is 4.78. The number of fused-ring (bicyclic) bond motifs is 1. The van der Waals surface area contributed by atoms with Crippen LogP contribution in [0.4, 0.5) is 13.2 Å². The summed E-state index contributed by atoms with van der Waals surface area (Å²) in [7, 11) is -4.43. The predicted molar refractivity (Wildman–Crippen MR) is 130 cm³/mol. The highest BCUT2D eigenvalue weighted by Crippen LogP contribution is 2.37. The second kappa shape index (κ2) is 9.21. The Morgan fingerprint density at radius 1 is 1.06 bits per heavy atom. The average molecular weight is 522 g/mol. The van der Waals surface area contributed by atoms with E-state index in [-0.39, 0.29) is 16.2 Å². The third kappa shape index (κ3) is 5.00. The SMILES string of the molecule is CC(=O)N1CCC(Cn2c(C(C)(C)C)nc3cc(S(=O)(=O)c4ccccc4C(F)(F)F)ccc32)CC1. The van der Waals surface area contributed by atoms with Gasteiger partial charge in [-0.2, -0.15) is 13.2 Å². The lowest BCUT2D eigenvalue weighted by molar-refractivity contribution is -0.139. The predicted octanol–water partition coefficient (Wildman–Crippen LogP) is 5.44. The molecule has 1 amide bonds. The van der Waals surface area contributed by atoms with Gasteiger partial charge in [-0.25, -0.2) is 13.4 Å². The molecule has 0 N–H and O–H groups in total. The van der Waals surface area contributed by atoms with E-state index in [1.165, 1.54) is 24.3 Å². The molecule has 1 fully saturated rings. The molecule has 1 aliphatic rings. The largest absolute Gasteiger partial charge is 0.417 e.